The summed E-state index contributed by atoms with van der Waals surface area (Å²) in [7, 11) is 0. The third kappa shape index (κ3) is 4.33. The lowest BCUT2D eigenvalue weighted by atomic mass is 10.1. The Balaban J connectivity index is 1.49. The molecule has 0 saturated heterocycles. The molecule has 26 heavy (non-hydrogen) atoms. The highest BCUT2D eigenvalue weighted by Gasteiger charge is 2.31. The maximum atomic E-state index is 12.2. The number of carbonyl (C=O) groups excluding carboxylic acids is 2. The molecule has 0 aromatic heterocycles. The molecule has 0 fully saturated rings. The molecule has 0 unspecified atom stereocenters. The van der Waals surface area contributed by atoms with E-state index >= 15 is 0 Å². The van der Waals surface area contributed by atoms with Gasteiger partial charge in [-0.1, -0.05) is 42.0 Å². The Hall–Kier alpha value is -3.02. The second kappa shape index (κ2) is 7.91. The van der Waals surface area contributed by atoms with Crippen LogP contribution in [0.2, 0.25) is 0 Å². The standard InChI is InChI=1S/C20H21NO5/c1-13-7-9-15(10-8-13)11-21-19(22)14(2)25-20(23)18-12-24-16-5-3-4-6-17(16)26-18/h3-10,14,18H,11-12H2,1-2H3,(H,21,22)/t14-,18+/m1/s1. The van der Waals surface area contributed by atoms with Crippen molar-refractivity contribution in [3.63, 3.8) is 0 Å². The fraction of sp³-hybridized carbons (Fsp3) is 0.300. The van der Waals surface area contributed by atoms with Gasteiger partial charge in [-0.15, -0.1) is 0 Å². The van der Waals surface area contributed by atoms with E-state index in [1.54, 1.807) is 18.2 Å². The van der Waals surface area contributed by atoms with E-state index < -0.39 is 18.2 Å². The van der Waals surface area contributed by atoms with Gasteiger partial charge < -0.3 is 19.5 Å². The van der Waals surface area contributed by atoms with Crippen molar-refractivity contribution in [1.82, 2.24) is 5.32 Å². The van der Waals surface area contributed by atoms with Gasteiger partial charge in [0.25, 0.3) is 5.91 Å². The fourth-order valence-electron chi connectivity index (χ4n) is 2.48. The van der Waals surface area contributed by atoms with Crippen LogP contribution in [0.5, 0.6) is 11.5 Å². The summed E-state index contributed by atoms with van der Waals surface area (Å²) in [6, 6.07) is 14.9. The van der Waals surface area contributed by atoms with Crippen molar-refractivity contribution in [2.24, 2.45) is 0 Å². The zero-order chi connectivity index (χ0) is 18.5. The van der Waals surface area contributed by atoms with Crippen LogP contribution in [0.4, 0.5) is 0 Å². The van der Waals surface area contributed by atoms with Crippen LogP contribution < -0.4 is 14.8 Å². The van der Waals surface area contributed by atoms with Gasteiger partial charge in [-0.05, 0) is 31.5 Å². The number of para-hydroxylation sites is 2. The van der Waals surface area contributed by atoms with Gasteiger partial charge in [-0.3, -0.25) is 4.79 Å². The minimum Gasteiger partial charge on any atom is -0.485 e. The maximum Gasteiger partial charge on any atom is 0.351 e. The Morgan fingerprint density at radius 1 is 1.15 bits per heavy atom. The Labute approximate surface area is 152 Å². The summed E-state index contributed by atoms with van der Waals surface area (Å²) in [6.07, 6.45) is -1.81. The first-order valence-electron chi connectivity index (χ1n) is 8.45. The molecule has 0 bridgehead atoms. The zero-order valence-corrected chi connectivity index (χ0v) is 14.7. The zero-order valence-electron chi connectivity index (χ0n) is 14.7. The van der Waals surface area contributed by atoms with Crippen molar-refractivity contribution < 1.29 is 23.8 Å². The van der Waals surface area contributed by atoms with Crippen LogP contribution in [0.15, 0.2) is 48.5 Å². The molecule has 2 atom stereocenters. The molecule has 0 saturated carbocycles. The molecule has 6 nitrogen and oxygen atoms in total. The van der Waals surface area contributed by atoms with E-state index in [0.717, 1.165) is 11.1 Å². The third-order valence-electron chi connectivity index (χ3n) is 4.02. The van der Waals surface area contributed by atoms with Gasteiger partial charge in [-0.25, -0.2) is 4.79 Å². The summed E-state index contributed by atoms with van der Waals surface area (Å²) < 4.78 is 16.3. The van der Waals surface area contributed by atoms with Gasteiger partial charge in [0.05, 0.1) is 0 Å². The fourth-order valence-corrected chi connectivity index (χ4v) is 2.48. The average molecular weight is 355 g/mol. The molecule has 0 aliphatic carbocycles. The van der Waals surface area contributed by atoms with E-state index in [1.807, 2.05) is 37.3 Å². The molecular weight excluding hydrogens is 334 g/mol. The molecule has 3 rings (SSSR count). The number of hydrogen-bond acceptors (Lipinski definition) is 5. The largest absolute Gasteiger partial charge is 0.485 e. The van der Waals surface area contributed by atoms with Crippen LogP contribution in [0.1, 0.15) is 18.1 Å². The molecular formula is C20H21NO5. The number of carbonyl (C=O) groups is 2. The summed E-state index contributed by atoms with van der Waals surface area (Å²) in [5, 5.41) is 2.75. The minimum atomic E-state index is -0.922. The van der Waals surface area contributed by atoms with Crippen LogP contribution in [-0.4, -0.2) is 30.7 Å². The lowest BCUT2D eigenvalue weighted by Crippen LogP contribution is -2.42. The first kappa shape index (κ1) is 17.8. The summed E-state index contributed by atoms with van der Waals surface area (Å²) in [4.78, 5) is 24.4. The Bertz CT molecular complexity index is 787. The van der Waals surface area contributed by atoms with Crippen LogP contribution in [0.25, 0.3) is 0 Å². The smallest absolute Gasteiger partial charge is 0.351 e. The highest BCUT2D eigenvalue weighted by Crippen LogP contribution is 2.31. The number of ether oxygens (including phenoxy) is 3. The van der Waals surface area contributed by atoms with E-state index in [0.29, 0.717) is 18.0 Å². The molecule has 1 aliphatic rings. The van der Waals surface area contributed by atoms with E-state index in [4.69, 9.17) is 14.2 Å². The van der Waals surface area contributed by atoms with Crippen LogP contribution in [0.3, 0.4) is 0 Å². The average Bonchev–Trinajstić information content (AvgIpc) is 2.66. The molecule has 1 N–H and O–H groups in total. The number of hydrogen-bond donors (Lipinski definition) is 1. The van der Waals surface area contributed by atoms with Crippen molar-refractivity contribution >= 4 is 11.9 Å². The lowest BCUT2D eigenvalue weighted by molar-refractivity contribution is -0.163. The van der Waals surface area contributed by atoms with Gasteiger partial charge in [-0.2, -0.15) is 0 Å². The number of esters is 1. The molecule has 1 aliphatic heterocycles. The number of rotatable bonds is 5. The van der Waals surface area contributed by atoms with Crippen molar-refractivity contribution in [2.45, 2.75) is 32.6 Å². The Morgan fingerprint density at radius 3 is 2.58 bits per heavy atom. The summed E-state index contributed by atoms with van der Waals surface area (Å²) >= 11 is 0. The highest BCUT2D eigenvalue weighted by atomic mass is 16.6. The summed E-state index contributed by atoms with van der Waals surface area (Å²) in [5.74, 6) is 0.0751. The molecule has 2 aromatic carbocycles. The van der Waals surface area contributed by atoms with Crippen LogP contribution >= 0.6 is 0 Å². The third-order valence-corrected chi connectivity index (χ3v) is 4.02. The predicted octanol–water partition coefficient (Wildman–Crippen LogP) is 2.38. The SMILES string of the molecule is Cc1ccc(CNC(=O)[C@@H](C)OC(=O)[C@@H]2COc3ccccc3O2)cc1. The quantitative estimate of drug-likeness (QED) is 0.834. The topological polar surface area (TPSA) is 73.9 Å². The first-order valence-corrected chi connectivity index (χ1v) is 8.45. The highest BCUT2D eigenvalue weighted by molar-refractivity contribution is 5.84. The van der Waals surface area contributed by atoms with Gasteiger partial charge in [0.2, 0.25) is 6.10 Å². The van der Waals surface area contributed by atoms with E-state index in [9.17, 15) is 9.59 Å². The Kier molecular flexibility index (Phi) is 5.41. The van der Waals surface area contributed by atoms with E-state index in [2.05, 4.69) is 5.32 Å². The minimum absolute atomic E-state index is 0.0492. The summed E-state index contributed by atoms with van der Waals surface area (Å²) in [6.45, 7) is 3.95. The molecule has 1 amide bonds. The number of nitrogens with one attached hydrogen (secondary N) is 1. The molecule has 6 heteroatoms. The molecule has 0 spiro atoms. The monoisotopic (exact) mass is 355 g/mol. The number of benzene rings is 2. The van der Waals surface area contributed by atoms with Gasteiger partial charge in [0.1, 0.15) is 6.61 Å². The molecule has 0 radical (unpaired) electrons. The molecule has 2 aromatic rings. The van der Waals surface area contributed by atoms with Crippen LogP contribution in [-0.2, 0) is 20.9 Å². The van der Waals surface area contributed by atoms with Crippen molar-refractivity contribution in [1.29, 1.82) is 0 Å². The van der Waals surface area contributed by atoms with Gasteiger partial charge >= 0.3 is 5.97 Å². The second-order valence-corrected chi connectivity index (χ2v) is 6.15. The number of fused-ring (bicyclic) bond motifs is 1. The van der Waals surface area contributed by atoms with Crippen molar-refractivity contribution in [3.8, 4) is 11.5 Å². The van der Waals surface area contributed by atoms with E-state index in [1.165, 1.54) is 6.92 Å². The maximum absolute atomic E-state index is 12.2. The molecule has 1 heterocycles. The van der Waals surface area contributed by atoms with Crippen molar-refractivity contribution in [2.75, 3.05) is 6.61 Å². The molecule has 136 valence electrons. The second-order valence-electron chi connectivity index (χ2n) is 6.15. The summed E-state index contributed by atoms with van der Waals surface area (Å²) in [5.41, 5.74) is 2.13. The first-order chi connectivity index (χ1) is 12.5. The van der Waals surface area contributed by atoms with Crippen molar-refractivity contribution in [3.05, 3.63) is 59.7 Å². The number of aryl methyl sites for hydroxylation is 1. The van der Waals surface area contributed by atoms with Crippen LogP contribution in [0, 0.1) is 6.92 Å². The van der Waals surface area contributed by atoms with Gasteiger partial charge in [0, 0.05) is 6.54 Å². The number of amides is 1. The van der Waals surface area contributed by atoms with Gasteiger partial charge in [0.15, 0.2) is 17.6 Å². The normalized spacial score (nSPS) is 16.5. The predicted molar refractivity (Wildman–Crippen MR) is 94.9 cm³/mol. The lowest BCUT2D eigenvalue weighted by Gasteiger charge is -2.25. The van der Waals surface area contributed by atoms with E-state index in [-0.39, 0.29) is 12.5 Å². The Morgan fingerprint density at radius 2 is 1.85 bits per heavy atom.